The van der Waals surface area contributed by atoms with Gasteiger partial charge in [0, 0.05) is 5.39 Å². The topological polar surface area (TPSA) is 66.0 Å². The molecule has 0 amide bonds. The fourth-order valence-corrected chi connectivity index (χ4v) is 3.73. The summed E-state index contributed by atoms with van der Waals surface area (Å²) in [5.74, 6) is -2.76. The zero-order valence-electron chi connectivity index (χ0n) is 17.0. The van der Waals surface area contributed by atoms with Gasteiger partial charge in [-0.25, -0.2) is 4.79 Å². The lowest BCUT2D eigenvalue weighted by Crippen LogP contribution is -1.96. The van der Waals surface area contributed by atoms with E-state index in [1.165, 1.54) is 5.57 Å². The molecule has 4 nitrogen and oxygen atoms in total. The van der Waals surface area contributed by atoms with Crippen molar-refractivity contribution in [3.63, 3.8) is 0 Å². The lowest BCUT2D eigenvalue weighted by atomic mass is 9.87. The molecule has 3 aromatic carbocycles. The fraction of sp³-hybridized carbons (Fsp3) is 0.0769. The molecule has 0 atom stereocenters. The van der Waals surface area contributed by atoms with Crippen molar-refractivity contribution in [3.05, 3.63) is 107 Å². The maximum Gasteiger partial charge on any atom is 0.364 e. The molecule has 0 saturated heterocycles. The van der Waals surface area contributed by atoms with Crippen LogP contribution in [0.1, 0.15) is 35.6 Å². The Balaban J connectivity index is 1.89. The molecule has 0 aliphatic heterocycles. The van der Waals surface area contributed by atoms with E-state index in [4.69, 9.17) is 5.11 Å². The van der Waals surface area contributed by atoms with E-state index in [0.29, 0.717) is 5.56 Å². The molecule has 0 spiro atoms. The van der Waals surface area contributed by atoms with Gasteiger partial charge in [-0.3, -0.25) is 5.10 Å². The van der Waals surface area contributed by atoms with Crippen LogP contribution in [0.25, 0.3) is 28.1 Å². The summed E-state index contributed by atoms with van der Waals surface area (Å²) in [5, 5.41) is 16.9. The maximum atomic E-state index is 13.5. The second kappa shape index (κ2) is 8.79. The van der Waals surface area contributed by atoms with Gasteiger partial charge in [0.2, 0.25) is 5.83 Å². The third-order valence-corrected chi connectivity index (χ3v) is 5.20. The molecule has 31 heavy (non-hydrogen) atoms. The predicted molar refractivity (Wildman–Crippen MR) is 122 cm³/mol. The molecule has 154 valence electrons. The summed E-state index contributed by atoms with van der Waals surface area (Å²) >= 11 is 0. The first-order chi connectivity index (χ1) is 15.1. The Morgan fingerprint density at radius 1 is 1.00 bits per heavy atom. The van der Waals surface area contributed by atoms with Gasteiger partial charge in [-0.2, -0.15) is 9.49 Å². The van der Waals surface area contributed by atoms with Gasteiger partial charge in [0.25, 0.3) is 0 Å². The van der Waals surface area contributed by atoms with E-state index in [2.05, 4.69) is 41.4 Å². The molecule has 0 radical (unpaired) electrons. The van der Waals surface area contributed by atoms with Crippen molar-refractivity contribution < 1.29 is 14.3 Å². The minimum Gasteiger partial charge on any atom is -0.476 e. The molecule has 1 aromatic heterocycles. The highest BCUT2D eigenvalue weighted by Gasteiger charge is 2.14. The summed E-state index contributed by atoms with van der Waals surface area (Å²) in [6.45, 7) is 2.12. The number of carboxylic acids is 1. The lowest BCUT2D eigenvalue weighted by Gasteiger charge is -2.17. The number of aromatic nitrogens is 2. The van der Waals surface area contributed by atoms with Crippen LogP contribution < -0.4 is 0 Å². The zero-order valence-corrected chi connectivity index (χ0v) is 17.0. The van der Waals surface area contributed by atoms with Crippen LogP contribution in [0.5, 0.6) is 0 Å². The third-order valence-electron chi connectivity index (χ3n) is 5.20. The minimum atomic E-state index is -1.57. The van der Waals surface area contributed by atoms with Crippen molar-refractivity contribution in [2.45, 2.75) is 13.3 Å². The van der Waals surface area contributed by atoms with Crippen LogP contribution in [0, 0.1) is 0 Å². The Morgan fingerprint density at radius 2 is 1.71 bits per heavy atom. The molecule has 0 bridgehead atoms. The summed E-state index contributed by atoms with van der Waals surface area (Å²) in [6, 6.07) is 23.6. The highest BCUT2D eigenvalue weighted by Crippen LogP contribution is 2.35. The quantitative estimate of drug-likeness (QED) is 0.287. The summed E-state index contributed by atoms with van der Waals surface area (Å²) in [4.78, 5) is 10.8. The standard InChI is InChI=1S/C26H21FN2O2/c1-2-22(18-6-4-3-5-7-18)25(20-12-13-24-21(15-20)16-28-29-24)19-10-8-17(9-11-19)14-23(27)26(30)31/h3-16H,2H2,1H3,(H,28,29)(H,30,31). The molecule has 0 saturated carbocycles. The number of aromatic amines is 1. The Morgan fingerprint density at radius 3 is 2.39 bits per heavy atom. The highest BCUT2D eigenvalue weighted by molar-refractivity contribution is 6.00. The molecule has 4 rings (SSSR count). The molecule has 0 aliphatic carbocycles. The molecular weight excluding hydrogens is 391 g/mol. The largest absolute Gasteiger partial charge is 0.476 e. The van der Waals surface area contributed by atoms with Crippen molar-refractivity contribution in [1.29, 1.82) is 0 Å². The Bertz CT molecular complexity index is 1290. The minimum absolute atomic E-state index is 0.492. The SMILES string of the molecule is CCC(=C(c1ccc(C=C(F)C(=O)O)cc1)c1ccc2[nH]ncc2c1)c1ccccc1. The van der Waals surface area contributed by atoms with E-state index >= 15 is 0 Å². The summed E-state index contributed by atoms with van der Waals surface area (Å²) < 4.78 is 13.5. The second-order valence-corrected chi connectivity index (χ2v) is 7.16. The zero-order chi connectivity index (χ0) is 21.8. The van der Waals surface area contributed by atoms with E-state index in [-0.39, 0.29) is 0 Å². The van der Waals surface area contributed by atoms with Crippen molar-refractivity contribution in [2.24, 2.45) is 0 Å². The Labute approximate surface area is 179 Å². The second-order valence-electron chi connectivity index (χ2n) is 7.16. The first-order valence-corrected chi connectivity index (χ1v) is 10.00. The first-order valence-electron chi connectivity index (χ1n) is 10.00. The van der Waals surface area contributed by atoms with Crippen molar-refractivity contribution in [1.82, 2.24) is 10.2 Å². The van der Waals surface area contributed by atoms with E-state index in [1.807, 2.05) is 36.4 Å². The van der Waals surface area contributed by atoms with E-state index in [0.717, 1.165) is 45.7 Å². The highest BCUT2D eigenvalue weighted by atomic mass is 19.1. The number of aliphatic carboxylic acids is 1. The van der Waals surface area contributed by atoms with Crippen molar-refractivity contribution >= 4 is 34.1 Å². The number of nitrogens with zero attached hydrogens (tertiary/aromatic N) is 1. The third kappa shape index (κ3) is 4.31. The van der Waals surface area contributed by atoms with Crippen LogP contribution in [-0.2, 0) is 4.79 Å². The van der Waals surface area contributed by atoms with E-state index in [1.54, 1.807) is 18.3 Å². The summed E-state index contributed by atoms with van der Waals surface area (Å²) in [7, 11) is 0. The Hall–Kier alpha value is -3.99. The fourth-order valence-electron chi connectivity index (χ4n) is 3.73. The van der Waals surface area contributed by atoms with Gasteiger partial charge in [-0.1, -0.05) is 67.6 Å². The first kappa shape index (κ1) is 20.3. The number of H-pyrrole nitrogens is 1. The molecule has 1 heterocycles. The average molecular weight is 412 g/mol. The number of nitrogens with one attached hydrogen (secondary N) is 1. The van der Waals surface area contributed by atoms with E-state index in [9.17, 15) is 9.18 Å². The number of fused-ring (bicyclic) bond motifs is 1. The number of carboxylic acid groups (broad SMARTS) is 1. The summed E-state index contributed by atoms with van der Waals surface area (Å²) in [5.41, 5.74) is 6.87. The number of carbonyl (C=O) groups is 1. The molecule has 5 heteroatoms. The number of rotatable bonds is 6. The predicted octanol–water partition coefficient (Wildman–Crippen LogP) is 6.33. The monoisotopic (exact) mass is 412 g/mol. The molecule has 2 N–H and O–H groups in total. The van der Waals surface area contributed by atoms with Gasteiger partial charge >= 0.3 is 5.97 Å². The number of hydrogen-bond donors (Lipinski definition) is 2. The lowest BCUT2D eigenvalue weighted by molar-refractivity contribution is -0.134. The molecular formula is C26H21FN2O2. The van der Waals surface area contributed by atoms with Gasteiger partial charge < -0.3 is 5.11 Å². The van der Waals surface area contributed by atoms with Crippen LogP contribution in [0.2, 0.25) is 0 Å². The molecule has 0 fully saturated rings. The smallest absolute Gasteiger partial charge is 0.364 e. The van der Waals surface area contributed by atoms with Gasteiger partial charge in [0.1, 0.15) is 0 Å². The van der Waals surface area contributed by atoms with E-state index < -0.39 is 11.8 Å². The molecule has 0 aliphatic rings. The van der Waals surface area contributed by atoms with Crippen LogP contribution in [0.3, 0.4) is 0 Å². The summed E-state index contributed by atoms with van der Waals surface area (Å²) in [6.07, 6.45) is 3.64. The van der Waals surface area contributed by atoms with Crippen LogP contribution in [0.4, 0.5) is 4.39 Å². The molecule has 4 aromatic rings. The maximum absolute atomic E-state index is 13.5. The number of hydrogen-bond acceptors (Lipinski definition) is 2. The van der Waals surface area contributed by atoms with Gasteiger partial charge in [-0.05, 0) is 58.0 Å². The van der Waals surface area contributed by atoms with Crippen LogP contribution >= 0.6 is 0 Å². The van der Waals surface area contributed by atoms with Gasteiger partial charge in [0.15, 0.2) is 0 Å². The number of halogens is 1. The molecule has 0 unspecified atom stereocenters. The van der Waals surface area contributed by atoms with Crippen molar-refractivity contribution in [2.75, 3.05) is 0 Å². The van der Waals surface area contributed by atoms with Gasteiger partial charge in [0.05, 0.1) is 11.7 Å². The normalized spacial score (nSPS) is 12.6. The van der Waals surface area contributed by atoms with Crippen LogP contribution in [0.15, 0.2) is 84.8 Å². The average Bonchev–Trinajstić information content (AvgIpc) is 3.26. The van der Waals surface area contributed by atoms with Crippen LogP contribution in [-0.4, -0.2) is 21.3 Å². The van der Waals surface area contributed by atoms with Gasteiger partial charge in [-0.15, -0.1) is 0 Å². The van der Waals surface area contributed by atoms with Crippen molar-refractivity contribution in [3.8, 4) is 0 Å². The Kier molecular flexibility index (Phi) is 5.76. The number of benzene rings is 3. The number of allylic oxidation sites excluding steroid dienone is 1.